The second kappa shape index (κ2) is 5.59. The summed E-state index contributed by atoms with van der Waals surface area (Å²) in [5.41, 5.74) is 0. The van der Waals surface area contributed by atoms with Crippen LogP contribution in [0.1, 0.15) is 0 Å². The zero-order valence-electron chi connectivity index (χ0n) is 4.22. The van der Waals surface area contributed by atoms with Crippen LogP contribution in [-0.4, -0.2) is 26.8 Å². The molecule has 0 bridgehead atoms. The van der Waals surface area contributed by atoms with Crippen LogP contribution >= 0.6 is 0 Å². The highest BCUT2D eigenvalue weighted by atomic mass is 16.7. The molecule has 0 heterocycles. The molecule has 0 aromatic rings. The van der Waals surface area contributed by atoms with Crippen LogP contribution in [0.15, 0.2) is 0 Å². The second-order valence-electron chi connectivity index (χ2n) is 0.944. The molecule has 3 heteroatoms. The van der Waals surface area contributed by atoms with Gasteiger partial charge in [0.2, 0.25) is 0 Å². The minimum Gasteiger partial charge on any atom is -0.359 e. The summed E-state index contributed by atoms with van der Waals surface area (Å²) in [6.07, 6.45) is 0.680. The van der Waals surface area contributed by atoms with Crippen molar-refractivity contribution >= 4 is 6.29 Å². The number of hydrogen-bond acceptors (Lipinski definition) is 3. The average molecular weight is 104 g/mol. The van der Waals surface area contributed by atoms with E-state index in [-0.39, 0.29) is 13.4 Å². The molecule has 0 aromatic heterocycles. The van der Waals surface area contributed by atoms with Crippen molar-refractivity contribution in [3.05, 3.63) is 0 Å². The van der Waals surface area contributed by atoms with Crippen molar-refractivity contribution in [3.8, 4) is 0 Å². The first-order valence-electron chi connectivity index (χ1n) is 1.92. The van der Waals surface area contributed by atoms with Gasteiger partial charge in [0, 0.05) is 7.11 Å². The summed E-state index contributed by atoms with van der Waals surface area (Å²) >= 11 is 0. The summed E-state index contributed by atoms with van der Waals surface area (Å²) < 4.78 is 9.00. The van der Waals surface area contributed by atoms with Gasteiger partial charge in [-0.1, -0.05) is 0 Å². The third-order valence-electron chi connectivity index (χ3n) is 0.387. The van der Waals surface area contributed by atoms with Crippen LogP contribution in [-0.2, 0) is 14.3 Å². The third-order valence-corrected chi connectivity index (χ3v) is 0.387. The van der Waals surface area contributed by atoms with Crippen LogP contribution in [0.25, 0.3) is 0 Å². The molecular weight excluding hydrogens is 96.0 g/mol. The van der Waals surface area contributed by atoms with Crippen molar-refractivity contribution in [3.63, 3.8) is 0 Å². The van der Waals surface area contributed by atoms with E-state index in [9.17, 15) is 4.79 Å². The van der Waals surface area contributed by atoms with Crippen molar-refractivity contribution in [2.45, 2.75) is 0 Å². The molecule has 0 radical (unpaired) electrons. The van der Waals surface area contributed by atoms with Crippen molar-refractivity contribution in [2.24, 2.45) is 0 Å². The molecule has 0 N–H and O–H groups in total. The van der Waals surface area contributed by atoms with Crippen LogP contribution < -0.4 is 0 Å². The predicted molar refractivity (Wildman–Crippen MR) is 23.9 cm³/mol. The molecule has 0 aliphatic heterocycles. The lowest BCUT2D eigenvalue weighted by molar-refractivity contribution is -0.116. The molecule has 0 saturated heterocycles. The minimum atomic E-state index is 0.119. The van der Waals surface area contributed by atoms with E-state index in [1.807, 2.05) is 0 Å². The topological polar surface area (TPSA) is 35.5 Å². The van der Waals surface area contributed by atoms with Crippen LogP contribution in [0, 0.1) is 0 Å². The lowest BCUT2D eigenvalue weighted by Crippen LogP contribution is -1.98. The molecule has 0 atom stereocenters. The van der Waals surface area contributed by atoms with E-state index in [1.165, 1.54) is 7.11 Å². The van der Waals surface area contributed by atoms with Crippen LogP contribution in [0.4, 0.5) is 0 Å². The van der Waals surface area contributed by atoms with Crippen LogP contribution in [0.2, 0.25) is 0 Å². The van der Waals surface area contributed by atoms with Gasteiger partial charge in [-0.25, -0.2) is 0 Å². The standard InChI is InChI=1S/C4H8O3/c1-6-4-7-3-2-5/h2H,3-4H2,1H3. The van der Waals surface area contributed by atoms with E-state index < -0.39 is 0 Å². The summed E-state index contributed by atoms with van der Waals surface area (Å²) in [6.45, 7) is 0.312. The van der Waals surface area contributed by atoms with E-state index in [0.717, 1.165) is 0 Å². The average Bonchev–Trinajstić information content (AvgIpc) is 1.69. The SMILES string of the molecule is COCOCC=O. The van der Waals surface area contributed by atoms with Gasteiger partial charge in [0.1, 0.15) is 19.7 Å². The van der Waals surface area contributed by atoms with E-state index in [2.05, 4.69) is 9.47 Å². The number of aldehydes is 1. The van der Waals surface area contributed by atoms with Gasteiger partial charge in [-0.05, 0) is 0 Å². The summed E-state index contributed by atoms with van der Waals surface area (Å²) in [5.74, 6) is 0. The first-order valence-corrected chi connectivity index (χ1v) is 1.92. The number of carbonyl (C=O) groups excluding carboxylic acids is 1. The molecule has 0 aliphatic rings. The monoisotopic (exact) mass is 104 g/mol. The fourth-order valence-corrected chi connectivity index (χ4v) is 0.180. The predicted octanol–water partition coefficient (Wildman–Crippen LogP) is -0.194. The molecule has 7 heavy (non-hydrogen) atoms. The Morgan fingerprint density at radius 2 is 2.43 bits per heavy atom. The maximum atomic E-state index is 9.50. The minimum absolute atomic E-state index is 0.119. The Morgan fingerprint density at radius 1 is 1.71 bits per heavy atom. The molecule has 0 fully saturated rings. The highest BCUT2D eigenvalue weighted by Crippen LogP contribution is 1.67. The van der Waals surface area contributed by atoms with Crippen molar-refractivity contribution in [1.82, 2.24) is 0 Å². The fourth-order valence-electron chi connectivity index (χ4n) is 0.180. The zero-order chi connectivity index (χ0) is 5.54. The first-order chi connectivity index (χ1) is 3.41. The van der Waals surface area contributed by atoms with Gasteiger partial charge in [-0.2, -0.15) is 0 Å². The second-order valence-corrected chi connectivity index (χ2v) is 0.944. The van der Waals surface area contributed by atoms with Gasteiger partial charge < -0.3 is 14.3 Å². The quantitative estimate of drug-likeness (QED) is 0.281. The Hall–Kier alpha value is -0.410. The molecule has 3 nitrogen and oxygen atoms in total. The Balaban J connectivity index is 2.56. The third kappa shape index (κ3) is 5.59. The lowest BCUT2D eigenvalue weighted by atomic mass is 10.8. The van der Waals surface area contributed by atoms with Gasteiger partial charge in [-0.15, -0.1) is 0 Å². The van der Waals surface area contributed by atoms with Crippen LogP contribution in [0.5, 0.6) is 0 Å². The summed E-state index contributed by atoms with van der Waals surface area (Å²) in [7, 11) is 1.50. The molecule has 0 aromatic carbocycles. The molecule has 0 unspecified atom stereocenters. The Kier molecular flexibility index (Phi) is 5.26. The summed E-state index contributed by atoms with van der Waals surface area (Å²) in [6, 6.07) is 0. The largest absolute Gasteiger partial charge is 0.359 e. The van der Waals surface area contributed by atoms with Crippen LogP contribution in [0.3, 0.4) is 0 Å². The van der Waals surface area contributed by atoms with Gasteiger partial charge >= 0.3 is 0 Å². The smallest absolute Gasteiger partial charge is 0.146 e. The molecular formula is C4H8O3. The highest BCUT2D eigenvalue weighted by molar-refractivity contribution is 5.50. The van der Waals surface area contributed by atoms with Crippen molar-refractivity contribution < 1.29 is 14.3 Å². The normalized spacial score (nSPS) is 8.71. The number of rotatable bonds is 4. The summed E-state index contributed by atoms with van der Waals surface area (Å²) in [4.78, 5) is 9.50. The fraction of sp³-hybridized carbons (Fsp3) is 0.750. The molecule has 0 spiro atoms. The van der Waals surface area contributed by atoms with E-state index >= 15 is 0 Å². The Bertz CT molecular complexity index is 44.2. The maximum Gasteiger partial charge on any atom is 0.146 e. The Morgan fingerprint density at radius 3 is 2.86 bits per heavy atom. The molecule has 0 aliphatic carbocycles. The molecule has 0 amide bonds. The molecule has 0 saturated carbocycles. The number of methoxy groups -OCH3 is 1. The zero-order valence-corrected chi connectivity index (χ0v) is 4.22. The number of carbonyl (C=O) groups is 1. The van der Waals surface area contributed by atoms with E-state index in [1.54, 1.807) is 0 Å². The summed E-state index contributed by atoms with van der Waals surface area (Å²) in [5, 5.41) is 0. The van der Waals surface area contributed by atoms with Crippen molar-refractivity contribution in [2.75, 3.05) is 20.5 Å². The van der Waals surface area contributed by atoms with E-state index in [4.69, 9.17) is 0 Å². The Labute approximate surface area is 42.2 Å². The van der Waals surface area contributed by atoms with Gasteiger partial charge in [0.05, 0.1) is 0 Å². The lowest BCUT2D eigenvalue weighted by Gasteiger charge is -1.92. The maximum absolute atomic E-state index is 9.50. The van der Waals surface area contributed by atoms with Crippen molar-refractivity contribution in [1.29, 1.82) is 0 Å². The van der Waals surface area contributed by atoms with E-state index in [0.29, 0.717) is 6.29 Å². The van der Waals surface area contributed by atoms with Gasteiger partial charge in [-0.3, -0.25) is 0 Å². The first kappa shape index (κ1) is 6.59. The molecule has 42 valence electrons. The number of ether oxygens (including phenoxy) is 2. The number of hydrogen-bond donors (Lipinski definition) is 0. The highest BCUT2D eigenvalue weighted by Gasteiger charge is 1.77. The molecule has 0 rings (SSSR count). The van der Waals surface area contributed by atoms with Gasteiger partial charge in [0.15, 0.2) is 0 Å². The van der Waals surface area contributed by atoms with Gasteiger partial charge in [0.25, 0.3) is 0 Å².